The SMILES string of the molecule is Cc1cc(C)c(C=NNC(=O)c2ccc(NC(=O)CC(C)C)cc2)c(C)c1. The van der Waals surface area contributed by atoms with Crippen LogP contribution in [0.4, 0.5) is 5.69 Å². The van der Waals surface area contributed by atoms with Crippen LogP contribution in [-0.2, 0) is 4.79 Å². The van der Waals surface area contributed by atoms with Gasteiger partial charge in [0, 0.05) is 23.2 Å². The number of benzene rings is 2. The number of rotatable bonds is 6. The van der Waals surface area contributed by atoms with Gasteiger partial charge in [-0.3, -0.25) is 9.59 Å². The van der Waals surface area contributed by atoms with Crippen molar-refractivity contribution in [2.75, 3.05) is 5.32 Å². The average Bonchev–Trinajstić information content (AvgIpc) is 2.56. The molecule has 0 fully saturated rings. The maximum Gasteiger partial charge on any atom is 0.271 e. The molecule has 0 heterocycles. The molecule has 5 nitrogen and oxygen atoms in total. The number of carbonyl (C=O) groups is 2. The smallest absolute Gasteiger partial charge is 0.271 e. The Morgan fingerprint density at radius 2 is 1.63 bits per heavy atom. The first kappa shape index (κ1) is 20.4. The van der Waals surface area contributed by atoms with E-state index < -0.39 is 0 Å². The summed E-state index contributed by atoms with van der Waals surface area (Å²) in [5, 5.41) is 6.90. The van der Waals surface area contributed by atoms with Gasteiger partial charge in [0.15, 0.2) is 0 Å². The Kier molecular flexibility index (Phi) is 6.88. The molecule has 0 unspecified atom stereocenters. The van der Waals surface area contributed by atoms with E-state index in [1.807, 2.05) is 27.7 Å². The number of amides is 2. The second kappa shape index (κ2) is 9.12. The Hall–Kier alpha value is -2.95. The van der Waals surface area contributed by atoms with Crippen LogP contribution in [0, 0.1) is 26.7 Å². The van der Waals surface area contributed by atoms with Crippen LogP contribution in [0.2, 0.25) is 0 Å². The van der Waals surface area contributed by atoms with Crippen molar-refractivity contribution in [2.24, 2.45) is 11.0 Å². The minimum Gasteiger partial charge on any atom is -0.326 e. The number of carbonyl (C=O) groups excluding carboxylic acids is 2. The molecule has 0 saturated heterocycles. The highest BCUT2D eigenvalue weighted by molar-refractivity contribution is 5.96. The lowest BCUT2D eigenvalue weighted by atomic mass is 10.0. The Bertz CT molecular complexity index is 829. The number of nitrogens with one attached hydrogen (secondary N) is 2. The van der Waals surface area contributed by atoms with Gasteiger partial charge in [-0.2, -0.15) is 5.10 Å². The van der Waals surface area contributed by atoms with E-state index in [1.165, 1.54) is 5.56 Å². The van der Waals surface area contributed by atoms with Crippen LogP contribution in [0.5, 0.6) is 0 Å². The van der Waals surface area contributed by atoms with Gasteiger partial charge in [0.1, 0.15) is 0 Å². The molecule has 0 radical (unpaired) electrons. The summed E-state index contributed by atoms with van der Waals surface area (Å²) >= 11 is 0. The van der Waals surface area contributed by atoms with Crippen LogP contribution in [-0.4, -0.2) is 18.0 Å². The molecule has 0 bridgehead atoms. The number of nitrogens with zero attached hydrogens (tertiary/aromatic N) is 1. The number of aryl methyl sites for hydroxylation is 3. The Morgan fingerprint density at radius 1 is 1.04 bits per heavy atom. The lowest BCUT2D eigenvalue weighted by molar-refractivity contribution is -0.116. The first-order valence-electron chi connectivity index (χ1n) is 9.07. The van der Waals surface area contributed by atoms with Crippen molar-refractivity contribution in [3.05, 3.63) is 64.2 Å². The topological polar surface area (TPSA) is 70.6 Å². The summed E-state index contributed by atoms with van der Waals surface area (Å²) in [6, 6.07) is 10.9. The molecular weight excluding hydrogens is 338 g/mol. The zero-order valence-corrected chi connectivity index (χ0v) is 16.6. The van der Waals surface area contributed by atoms with Gasteiger partial charge in [-0.1, -0.05) is 31.5 Å². The molecule has 2 aromatic carbocycles. The number of hydrazone groups is 1. The molecule has 0 saturated carbocycles. The Labute approximate surface area is 160 Å². The van der Waals surface area contributed by atoms with Gasteiger partial charge in [-0.15, -0.1) is 0 Å². The molecule has 0 spiro atoms. The maximum absolute atomic E-state index is 12.2. The van der Waals surface area contributed by atoms with Gasteiger partial charge in [0.2, 0.25) is 5.91 Å². The molecule has 0 aliphatic heterocycles. The van der Waals surface area contributed by atoms with E-state index in [-0.39, 0.29) is 11.8 Å². The molecule has 0 aliphatic rings. The highest BCUT2D eigenvalue weighted by Gasteiger charge is 2.08. The number of anilines is 1. The third kappa shape index (κ3) is 6.06. The third-order valence-corrected chi connectivity index (χ3v) is 4.12. The van der Waals surface area contributed by atoms with Crippen molar-refractivity contribution in [1.82, 2.24) is 5.43 Å². The third-order valence-electron chi connectivity index (χ3n) is 4.12. The molecule has 2 aromatic rings. The van der Waals surface area contributed by atoms with Crippen molar-refractivity contribution in [2.45, 2.75) is 41.0 Å². The van der Waals surface area contributed by atoms with Crippen molar-refractivity contribution in [1.29, 1.82) is 0 Å². The minimum atomic E-state index is -0.297. The average molecular weight is 365 g/mol. The molecule has 142 valence electrons. The summed E-state index contributed by atoms with van der Waals surface area (Å²) in [7, 11) is 0. The minimum absolute atomic E-state index is 0.0318. The zero-order chi connectivity index (χ0) is 20.0. The molecule has 2 amide bonds. The fraction of sp³-hybridized carbons (Fsp3) is 0.318. The monoisotopic (exact) mass is 365 g/mol. The Morgan fingerprint density at radius 3 is 2.19 bits per heavy atom. The second-order valence-electron chi connectivity index (χ2n) is 7.24. The molecule has 0 aromatic heterocycles. The van der Waals surface area contributed by atoms with E-state index in [0.717, 1.165) is 16.7 Å². The van der Waals surface area contributed by atoms with Gasteiger partial charge in [-0.25, -0.2) is 5.43 Å². The normalized spacial score (nSPS) is 11.0. The van der Waals surface area contributed by atoms with E-state index >= 15 is 0 Å². The van der Waals surface area contributed by atoms with Crippen molar-refractivity contribution < 1.29 is 9.59 Å². The molecule has 27 heavy (non-hydrogen) atoms. The number of hydrogen-bond acceptors (Lipinski definition) is 3. The van der Waals surface area contributed by atoms with Gasteiger partial charge < -0.3 is 5.32 Å². The predicted octanol–water partition coefficient (Wildman–Crippen LogP) is 4.36. The molecule has 0 atom stereocenters. The fourth-order valence-electron chi connectivity index (χ4n) is 2.90. The zero-order valence-electron chi connectivity index (χ0n) is 16.6. The molecule has 2 rings (SSSR count). The van der Waals surface area contributed by atoms with Crippen LogP contribution in [0.15, 0.2) is 41.5 Å². The van der Waals surface area contributed by atoms with Gasteiger partial charge in [0.25, 0.3) is 5.91 Å². The molecular formula is C22H27N3O2. The summed E-state index contributed by atoms with van der Waals surface area (Å²) in [6.07, 6.45) is 2.14. The summed E-state index contributed by atoms with van der Waals surface area (Å²) in [4.78, 5) is 24.0. The lowest BCUT2D eigenvalue weighted by Crippen LogP contribution is -2.18. The lowest BCUT2D eigenvalue weighted by Gasteiger charge is -2.08. The van der Waals surface area contributed by atoms with E-state index in [0.29, 0.717) is 23.6 Å². The summed E-state index contributed by atoms with van der Waals surface area (Å²) in [5.74, 6) is -0.0296. The van der Waals surface area contributed by atoms with Gasteiger partial charge in [0.05, 0.1) is 6.21 Å². The van der Waals surface area contributed by atoms with Crippen molar-refractivity contribution >= 4 is 23.7 Å². The van der Waals surface area contributed by atoms with Gasteiger partial charge in [-0.05, 0) is 62.1 Å². The van der Waals surface area contributed by atoms with E-state index in [1.54, 1.807) is 30.5 Å². The highest BCUT2D eigenvalue weighted by atomic mass is 16.2. The van der Waals surface area contributed by atoms with Crippen LogP contribution in [0.1, 0.15) is 52.9 Å². The summed E-state index contributed by atoms with van der Waals surface area (Å²) in [5.41, 5.74) is 8.14. The van der Waals surface area contributed by atoms with Crippen molar-refractivity contribution in [3.63, 3.8) is 0 Å². The van der Waals surface area contributed by atoms with Gasteiger partial charge >= 0.3 is 0 Å². The largest absolute Gasteiger partial charge is 0.326 e. The van der Waals surface area contributed by atoms with E-state index in [2.05, 4.69) is 34.9 Å². The van der Waals surface area contributed by atoms with Crippen LogP contribution in [0.3, 0.4) is 0 Å². The molecule has 2 N–H and O–H groups in total. The first-order chi connectivity index (χ1) is 12.8. The predicted molar refractivity (Wildman–Crippen MR) is 110 cm³/mol. The fourth-order valence-corrected chi connectivity index (χ4v) is 2.90. The standard InChI is InChI=1S/C22H27N3O2/c1-14(2)10-21(26)24-19-8-6-18(7-9-19)22(27)25-23-13-20-16(4)11-15(3)12-17(20)5/h6-9,11-14H,10H2,1-5H3,(H,24,26)(H,25,27). The van der Waals surface area contributed by atoms with Crippen LogP contribution >= 0.6 is 0 Å². The van der Waals surface area contributed by atoms with E-state index in [4.69, 9.17) is 0 Å². The first-order valence-corrected chi connectivity index (χ1v) is 9.07. The molecule has 0 aliphatic carbocycles. The summed E-state index contributed by atoms with van der Waals surface area (Å²) in [6.45, 7) is 10.1. The number of hydrogen-bond donors (Lipinski definition) is 2. The van der Waals surface area contributed by atoms with Crippen LogP contribution < -0.4 is 10.7 Å². The molecule has 5 heteroatoms. The quantitative estimate of drug-likeness (QED) is 0.590. The Balaban J connectivity index is 1.97. The highest BCUT2D eigenvalue weighted by Crippen LogP contribution is 2.14. The van der Waals surface area contributed by atoms with Crippen LogP contribution in [0.25, 0.3) is 0 Å². The van der Waals surface area contributed by atoms with Crippen molar-refractivity contribution in [3.8, 4) is 0 Å². The second-order valence-corrected chi connectivity index (χ2v) is 7.24. The van der Waals surface area contributed by atoms with E-state index in [9.17, 15) is 9.59 Å². The maximum atomic E-state index is 12.2. The summed E-state index contributed by atoms with van der Waals surface area (Å²) < 4.78 is 0.